The minimum absolute atomic E-state index is 0.0499. The van der Waals surface area contributed by atoms with Crippen LogP contribution in [0.15, 0.2) is 0 Å². The molecule has 1 aliphatic heterocycles. The molecule has 12 heavy (non-hydrogen) atoms. The molecule has 1 saturated heterocycles. The number of aliphatic hydroxyl groups excluding tert-OH is 1. The molecule has 3 nitrogen and oxygen atoms in total. The minimum atomic E-state index is -0.508. The van der Waals surface area contributed by atoms with Crippen LogP contribution in [0.3, 0.4) is 0 Å². The van der Waals surface area contributed by atoms with E-state index in [1.807, 2.05) is 6.92 Å². The number of rotatable bonds is 2. The van der Waals surface area contributed by atoms with Crippen LogP contribution in [-0.2, 0) is 9.47 Å². The van der Waals surface area contributed by atoms with Crippen molar-refractivity contribution in [2.24, 2.45) is 5.92 Å². The van der Waals surface area contributed by atoms with Crippen molar-refractivity contribution >= 4 is 0 Å². The molecule has 0 aromatic rings. The van der Waals surface area contributed by atoms with Crippen molar-refractivity contribution in [3.63, 3.8) is 0 Å². The average Bonchev–Trinajstić information content (AvgIpc) is 2.04. The van der Waals surface area contributed by atoms with E-state index in [0.717, 1.165) is 6.42 Å². The van der Waals surface area contributed by atoms with Gasteiger partial charge in [-0.3, -0.25) is 0 Å². The van der Waals surface area contributed by atoms with E-state index < -0.39 is 5.79 Å². The van der Waals surface area contributed by atoms with Gasteiger partial charge in [-0.15, -0.1) is 0 Å². The molecule has 0 aromatic heterocycles. The van der Waals surface area contributed by atoms with Gasteiger partial charge in [0.25, 0.3) is 0 Å². The number of ether oxygens (including phenoxy) is 2. The molecule has 2 atom stereocenters. The van der Waals surface area contributed by atoms with Gasteiger partial charge < -0.3 is 14.6 Å². The summed E-state index contributed by atoms with van der Waals surface area (Å²) in [5.74, 6) is -0.196. The van der Waals surface area contributed by atoms with Gasteiger partial charge in [0.05, 0.1) is 19.3 Å². The predicted octanol–water partition coefficient (Wildman–Crippen LogP) is 1.16. The Balaban J connectivity index is 2.54. The van der Waals surface area contributed by atoms with Gasteiger partial charge in [-0.25, -0.2) is 0 Å². The summed E-state index contributed by atoms with van der Waals surface area (Å²) in [6, 6.07) is 0. The van der Waals surface area contributed by atoms with E-state index in [1.165, 1.54) is 0 Å². The molecule has 0 aromatic carbocycles. The average molecular weight is 174 g/mol. The molecule has 0 spiro atoms. The molecule has 1 rings (SSSR count). The fourth-order valence-corrected chi connectivity index (χ4v) is 1.25. The standard InChI is InChI=1S/C9H18O3/c1-7(2)9(3)11-5-4-8(6-10)12-9/h7-8,10H,4-6H2,1-3H3. The summed E-state index contributed by atoms with van der Waals surface area (Å²) >= 11 is 0. The quantitative estimate of drug-likeness (QED) is 0.682. The smallest absolute Gasteiger partial charge is 0.168 e. The maximum Gasteiger partial charge on any atom is 0.168 e. The van der Waals surface area contributed by atoms with E-state index in [4.69, 9.17) is 14.6 Å². The van der Waals surface area contributed by atoms with Gasteiger partial charge >= 0.3 is 0 Å². The predicted molar refractivity (Wildman–Crippen MR) is 45.8 cm³/mol. The zero-order chi connectivity index (χ0) is 9.19. The summed E-state index contributed by atoms with van der Waals surface area (Å²) in [7, 11) is 0. The van der Waals surface area contributed by atoms with E-state index in [0.29, 0.717) is 12.5 Å². The van der Waals surface area contributed by atoms with Crippen molar-refractivity contribution in [1.82, 2.24) is 0 Å². The third-order valence-corrected chi connectivity index (χ3v) is 2.48. The first-order chi connectivity index (χ1) is 5.58. The molecular formula is C9H18O3. The first kappa shape index (κ1) is 9.96. The Hall–Kier alpha value is -0.120. The van der Waals surface area contributed by atoms with Gasteiger partial charge in [-0.05, 0) is 13.3 Å². The normalized spacial score (nSPS) is 37.2. The molecular weight excluding hydrogens is 156 g/mol. The fraction of sp³-hybridized carbons (Fsp3) is 1.00. The first-order valence-corrected chi connectivity index (χ1v) is 4.51. The SMILES string of the molecule is CC(C)C1(C)OCCC(CO)O1. The van der Waals surface area contributed by atoms with E-state index in [1.54, 1.807) is 0 Å². The number of aliphatic hydroxyl groups is 1. The van der Waals surface area contributed by atoms with Crippen molar-refractivity contribution in [2.75, 3.05) is 13.2 Å². The lowest BCUT2D eigenvalue weighted by Crippen LogP contribution is -2.47. The van der Waals surface area contributed by atoms with Crippen LogP contribution in [0.4, 0.5) is 0 Å². The first-order valence-electron chi connectivity index (χ1n) is 4.51. The zero-order valence-corrected chi connectivity index (χ0v) is 8.04. The highest BCUT2D eigenvalue weighted by molar-refractivity contribution is 4.75. The Morgan fingerprint density at radius 3 is 2.75 bits per heavy atom. The van der Waals surface area contributed by atoms with Crippen LogP contribution in [0.1, 0.15) is 27.2 Å². The van der Waals surface area contributed by atoms with Gasteiger partial charge in [0.2, 0.25) is 0 Å². The number of hydrogen-bond acceptors (Lipinski definition) is 3. The third kappa shape index (κ3) is 1.97. The summed E-state index contributed by atoms with van der Waals surface area (Å²) in [5, 5.41) is 8.92. The van der Waals surface area contributed by atoms with Gasteiger partial charge in [-0.2, -0.15) is 0 Å². The summed E-state index contributed by atoms with van der Waals surface area (Å²) in [4.78, 5) is 0. The van der Waals surface area contributed by atoms with Gasteiger partial charge in [0, 0.05) is 5.92 Å². The molecule has 0 bridgehead atoms. The Bertz CT molecular complexity index is 147. The highest BCUT2D eigenvalue weighted by atomic mass is 16.7. The highest BCUT2D eigenvalue weighted by Crippen LogP contribution is 2.29. The lowest BCUT2D eigenvalue weighted by molar-refractivity contribution is -0.307. The van der Waals surface area contributed by atoms with Crippen LogP contribution in [-0.4, -0.2) is 30.2 Å². The van der Waals surface area contributed by atoms with Crippen LogP contribution >= 0.6 is 0 Å². The maximum absolute atomic E-state index is 8.92. The Kier molecular flexibility index (Phi) is 3.09. The van der Waals surface area contributed by atoms with Crippen LogP contribution < -0.4 is 0 Å². The monoisotopic (exact) mass is 174 g/mol. The minimum Gasteiger partial charge on any atom is -0.394 e. The molecule has 2 unspecified atom stereocenters. The van der Waals surface area contributed by atoms with Crippen LogP contribution in [0.25, 0.3) is 0 Å². The second kappa shape index (κ2) is 3.73. The van der Waals surface area contributed by atoms with Crippen molar-refractivity contribution in [2.45, 2.75) is 39.1 Å². The lowest BCUT2D eigenvalue weighted by Gasteiger charge is -2.40. The maximum atomic E-state index is 8.92. The molecule has 0 saturated carbocycles. The lowest BCUT2D eigenvalue weighted by atomic mass is 10.0. The fourth-order valence-electron chi connectivity index (χ4n) is 1.25. The second-order valence-corrected chi connectivity index (χ2v) is 3.73. The molecule has 1 fully saturated rings. The highest BCUT2D eigenvalue weighted by Gasteiger charge is 2.36. The molecule has 72 valence electrons. The molecule has 0 radical (unpaired) electrons. The Morgan fingerprint density at radius 1 is 1.58 bits per heavy atom. The zero-order valence-electron chi connectivity index (χ0n) is 8.04. The third-order valence-electron chi connectivity index (χ3n) is 2.48. The summed E-state index contributed by atoms with van der Waals surface area (Å²) in [5.41, 5.74) is 0. The Morgan fingerprint density at radius 2 is 2.25 bits per heavy atom. The van der Waals surface area contributed by atoms with E-state index in [-0.39, 0.29) is 12.7 Å². The van der Waals surface area contributed by atoms with Crippen LogP contribution in [0.2, 0.25) is 0 Å². The second-order valence-electron chi connectivity index (χ2n) is 3.73. The van der Waals surface area contributed by atoms with E-state index >= 15 is 0 Å². The molecule has 1 N–H and O–H groups in total. The van der Waals surface area contributed by atoms with Crippen molar-refractivity contribution in [1.29, 1.82) is 0 Å². The summed E-state index contributed by atoms with van der Waals surface area (Å²) in [6.07, 6.45) is 0.741. The molecule has 3 heteroatoms. The van der Waals surface area contributed by atoms with E-state index in [2.05, 4.69) is 13.8 Å². The van der Waals surface area contributed by atoms with Crippen LogP contribution in [0, 0.1) is 5.92 Å². The molecule has 1 heterocycles. The van der Waals surface area contributed by atoms with Crippen LogP contribution in [0.5, 0.6) is 0 Å². The summed E-state index contributed by atoms with van der Waals surface area (Å²) in [6.45, 7) is 6.81. The molecule has 1 aliphatic rings. The Labute approximate surface area is 73.7 Å². The van der Waals surface area contributed by atoms with Crippen molar-refractivity contribution in [3.8, 4) is 0 Å². The molecule has 0 amide bonds. The largest absolute Gasteiger partial charge is 0.394 e. The van der Waals surface area contributed by atoms with Gasteiger partial charge in [0.15, 0.2) is 5.79 Å². The van der Waals surface area contributed by atoms with E-state index in [9.17, 15) is 0 Å². The van der Waals surface area contributed by atoms with Gasteiger partial charge in [-0.1, -0.05) is 13.8 Å². The van der Waals surface area contributed by atoms with Crippen molar-refractivity contribution < 1.29 is 14.6 Å². The van der Waals surface area contributed by atoms with Crippen molar-refractivity contribution in [3.05, 3.63) is 0 Å². The molecule has 0 aliphatic carbocycles. The summed E-state index contributed by atoms with van der Waals surface area (Å²) < 4.78 is 11.1. The van der Waals surface area contributed by atoms with Gasteiger partial charge in [0.1, 0.15) is 0 Å². The number of hydrogen-bond donors (Lipinski definition) is 1. The topological polar surface area (TPSA) is 38.7 Å².